The Morgan fingerprint density at radius 2 is 1.75 bits per heavy atom. The summed E-state index contributed by atoms with van der Waals surface area (Å²) in [5, 5.41) is 0. The summed E-state index contributed by atoms with van der Waals surface area (Å²) in [6, 6.07) is 12.3. The molecular formula is C23H25N3O5S. The second-order valence-electron chi connectivity index (χ2n) is 7.72. The number of aromatic nitrogens is 1. The fourth-order valence-corrected chi connectivity index (χ4v) is 5.19. The molecule has 168 valence electrons. The predicted octanol–water partition coefficient (Wildman–Crippen LogP) is 2.47. The van der Waals surface area contributed by atoms with E-state index in [0.717, 1.165) is 11.1 Å². The number of sulfonamides is 1. The minimum atomic E-state index is -3.77. The molecule has 4 rings (SSSR count). The minimum absolute atomic E-state index is 0.0704. The van der Waals surface area contributed by atoms with E-state index in [0.29, 0.717) is 25.2 Å². The van der Waals surface area contributed by atoms with Crippen molar-refractivity contribution in [3.8, 4) is 0 Å². The van der Waals surface area contributed by atoms with Crippen molar-refractivity contribution in [2.24, 2.45) is 0 Å². The Morgan fingerprint density at radius 1 is 1.06 bits per heavy atom. The van der Waals surface area contributed by atoms with E-state index in [4.69, 9.17) is 4.42 Å². The fourth-order valence-electron chi connectivity index (χ4n) is 3.75. The van der Waals surface area contributed by atoms with Gasteiger partial charge in [-0.25, -0.2) is 13.2 Å². The number of aryl methyl sites for hydroxylation is 2. The quantitative estimate of drug-likeness (QED) is 0.551. The third-order valence-electron chi connectivity index (χ3n) is 5.64. The molecule has 8 nitrogen and oxygen atoms in total. The van der Waals surface area contributed by atoms with Gasteiger partial charge in [-0.3, -0.25) is 9.36 Å². The highest BCUT2D eigenvalue weighted by molar-refractivity contribution is 7.89. The molecule has 0 unspecified atom stereocenters. The zero-order valence-corrected chi connectivity index (χ0v) is 18.8. The number of carbonyl (C=O) groups excluding carboxylic acids is 1. The largest absolute Gasteiger partial charge is 0.419 e. The van der Waals surface area contributed by atoms with E-state index in [2.05, 4.69) is 0 Å². The van der Waals surface area contributed by atoms with E-state index in [1.165, 1.54) is 27.1 Å². The molecule has 1 aromatic heterocycles. The number of piperazine rings is 1. The van der Waals surface area contributed by atoms with Crippen molar-refractivity contribution in [1.29, 1.82) is 0 Å². The lowest BCUT2D eigenvalue weighted by Crippen LogP contribution is -2.50. The summed E-state index contributed by atoms with van der Waals surface area (Å²) in [4.78, 5) is 26.1. The van der Waals surface area contributed by atoms with E-state index in [1.54, 1.807) is 17.0 Å². The number of hydrogen-bond donors (Lipinski definition) is 0. The van der Waals surface area contributed by atoms with Gasteiger partial charge in [-0.2, -0.15) is 4.31 Å². The monoisotopic (exact) mass is 455 g/mol. The van der Waals surface area contributed by atoms with Gasteiger partial charge in [-0.05, 0) is 37.6 Å². The van der Waals surface area contributed by atoms with Gasteiger partial charge in [0.2, 0.25) is 15.9 Å². The smallest absolute Gasteiger partial charge is 0.408 e. The van der Waals surface area contributed by atoms with Crippen molar-refractivity contribution in [3.63, 3.8) is 0 Å². The SMILES string of the molecule is CCn1c(=O)oc2cc(S(=O)(=O)N3CCN(C(=O)/C=C/c4ccc(C)cc4)CC3)ccc21. The molecule has 1 amide bonds. The number of fused-ring (bicyclic) bond motifs is 1. The van der Waals surface area contributed by atoms with Gasteiger partial charge < -0.3 is 9.32 Å². The molecule has 0 saturated carbocycles. The van der Waals surface area contributed by atoms with E-state index >= 15 is 0 Å². The van der Waals surface area contributed by atoms with Gasteiger partial charge in [0.15, 0.2) is 5.58 Å². The third kappa shape index (κ3) is 4.26. The summed E-state index contributed by atoms with van der Waals surface area (Å²) < 4.78 is 34.2. The van der Waals surface area contributed by atoms with Crippen LogP contribution in [0.25, 0.3) is 17.2 Å². The molecule has 0 radical (unpaired) electrons. The van der Waals surface area contributed by atoms with Gasteiger partial charge >= 0.3 is 5.76 Å². The number of carbonyl (C=O) groups is 1. The van der Waals surface area contributed by atoms with Crippen molar-refractivity contribution >= 4 is 33.1 Å². The summed E-state index contributed by atoms with van der Waals surface area (Å²) in [5.41, 5.74) is 2.89. The number of nitrogens with zero attached hydrogens (tertiary/aromatic N) is 3. The number of benzene rings is 2. The van der Waals surface area contributed by atoms with Crippen molar-refractivity contribution < 1.29 is 17.6 Å². The first kappa shape index (κ1) is 22.0. The second-order valence-corrected chi connectivity index (χ2v) is 9.65. The molecule has 1 aliphatic heterocycles. The summed E-state index contributed by atoms with van der Waals surface area (Å²) in [6.07, 6.45) is 3.28. The topological polar surface area (TPSA) is 92.8 Å². The summed E-state index contributed by atoms with van der Waals surface area (Å²) in [6.45, 7) is 5.26. The van der Waals surface area contributed by atoms with E-state index in [-0.39, 0.29) is 29.5 Å². The highest BCUT2D eigenvalue weighted by Crippen LogP contribution is 2.23. The first-order valence-corrected chi connectivity index (χ1v) is 11.9. The van der Waals surface area contributed by atoms with E-state index < -0.39 is 15.8 Å². The number of rotatable bonds is 5. The van der Waals surface area contributed by atoms with Gasteiger partial charge in [0.1, 0.15) is 0 Å². The van der Waals surface area contributed by atoms with Crippen LogP contribution in [0.5, 0.6) is 0 Å². The van der Waals surface area contributed by atoms with Crippen LogP contribution in [-0.4, -0.2) is 54.3 Å². The Balaban J connectivity index is 1.44. The van der Waals surface area contributed by atoms with Crippen molar-refractivity contribution in [2.45, 2.75) is 25.3 Å². The van der Waals surface area contributed by atoms with Crippen LogP contribution in [0.15, 0.2) is 62.6 Å². The van der Waals surface area contributed by atoms with Crippen molar-refractivity contribution in [3.05, 3.63) is 70.2 Å². The summed E-state index contributed by atoms with van der Waals surface area (Å²) in [5.74, 6) is -0.658. The predicted molar refractivity (Wildman–Crippen MR) is 122 cm³/mol. The highest BCUT2D eigenvalue weighted by atomic mass is 32.2. The summed E-state index contributed by atoms with van der Waals surface area (Å²) >= 11 is 0. The van der Waals surface area contributed by atoms with Crippen LogP contribution in [0.4, 0.5) is 0 Å². The molecular weight excluding hydrogens is 430 g/mol. The maximum atomic E-state index is 13.1. The lowest BCUT2D eigenvalue weighted by Gasteiger charge is -2.33. The number of amides is 1. The molecule has 0 atom stereocenters. The third-order valence-corrected chi connectivity index (χ3v) is 7.53. The molecule has 1 fully saturated rings. The van der Waals surface area contributed by atoms with E-state index in [1.807, 2.05) is 38.1 Å². The molecule has 32 heavy (non-hydrogen) atoms. The molecule has 1 saturated heterocycles. The summed E-state index contributed by atoms with van der Waals surface area (Å²) in [7, 11) is -3.77. The average molecular weight is 456 g/mol. The maximum absolute atomic E-state index is 13.1. The van der Waals surface area contributed by atoms with Gasteiger partial charge in [0.05, 0.1) is 10.4 Å². The molecule has 2 aromatic carbocycles. The van der Waals surface area contributed by atoms with Crippen LogP contribution in [0.1, 0.15) is 18.1 Å². The van der Waals surface area contributed by atoms with Crippen LogP contribution in [-0.2, 0) is 21.4 Å². The normalized spacial score (nSPS) is 15.6. The minimum Gasteiger partial charge on any atom is -0.408 e. The molecule has 1 aliphatic rings. The standard InChI is InChI=1S/C23H25N3O5S/c1-3-26-20-10-9-19(16-21(20)31-23(26)28)32(29,30)25-14-12-24(13-15-25)22(27)11-8-18-6-4-17(2)5-7-18/h4-11,16H,3,12-15H2,1-2H3/b11-8+. The van der Waals surface area contributed by atoms with Gasteiger partial charge in [0.25, 0.3) is 0 Å². The van der Waals surface area contributed by atoms with Crippen LogP contribution in [0, 0.1) is 6.92 Å². The molecule has 2 heterocycles. The van der Waals surface area contributed by atoms with Gasteiger partial charge in [0, 0.05) is 44.9 Å². The van der Waals surface area contributed by atoms with Gasteiger partial charge in [-0.15, -0.1) is 0 Å². The molecule has 0 bridgehead atoms. The molecule has 0 N–H and O–H groups in total. The van der Waals surface area contributed by atoms with Crippen LogP contribution in [0.3, 0.4) is 0 Å². The van der Waals surface area contributed by atoms with Crippen LogP contribution >= 0.6 is 0 Å². The molecule has 0 aliphatic carbocycles. The second kappa shape index (κ2) is 8.76. The lowest BCUT2D eigenvalue weighted by atomic mass is 10.1. The first-order valence-electron chi connectivity index (χ1n) is 10.5. The molecule has 9 heteroatoms. The number of oxazole rings is 1. The lowest BCUT2D eigenvalue weighted by molar-refractivity contribution is -0.127. The Kier molecular flexibility index (Phi) is 6.03. The zero-order valence-electron chi connectivity index (χ0n) is 18.0. The van der Waals surface area contributed by atoms with Crippen molar-refractivity contribution in [2.75, 3.05) is 26.2 Å². The molecule has 3 aromatic rings. The Bertz CT molecular complexity index is 1330. The van der Waals surface area contributed by atoms with Crippen molar-refractivity contribution in [1.82, 2.24) is 13.8 Å². The average Bonchev–Trinajstić information content (AvgIpc) is 3.12. The Morgan fingerprint density at radius 3 is 2.41 bits per heavy atom. The fraction of sp³-hybridized carbons (Fsp3) is 0.304. The molecule has 0 spiro atoms. The zero-order chi connectivity index (χ0) is 22.9. The van der Waals surface area contributed by atoms with Crippen LogP contribution < -0.4 is 5.76 Å². The highest BCUT2D eigenvalue weighted by Gasteiger charge is 2.30. The maximum Gasteiger partial charge on any atom is 0.419 e. The Hall–Kier alpha value is -3.17. The van der Waals surface area contributed by atoms with Gasteiger partial charge in [-0.1, -0.05) is 29.8 Å². The first-order chi connectivity index (χ1) is 15.3. The Labute approximate surface area is 186 Å². The van der Waals surface area contributed by atoms with E-state index in [9.17, 15) is 18.0 Å². The number of hydrogen-bond acceptors (Lipinski definition) is 5. The van der Waals surface area contributed by atoms with Crippen LogP contribution in [0.2, 0.25) is 0 Å².